The second-order valence-corrected chi connectivity index (χ2v) is 7.78. The number of halogens is 6. The number of alkyl halides is 6. The van der Waals surface area contributed by atoms with Crippen LogP contribution in [0.5, 0.6) is 0 Å². The summed E-state index contributed by atoms with van der Waals surface area (Å²) in [7, 11) is 0. The van der Waals surface area contributed by atoms with Crippen LogP contribution in [0.4, 0.5) is 32.3 Å². The molecule has 0 amide bonds. The molecule has 0 bridgehead atoms. The van der Waals surface area contributed by atoms with Crippen LogP contribution in [0.15, 0.2) is 30.7 Å². The molecule has 1 aliphatic rings. The molecule has 0 aliphatic carbocycles. The quantitative estimate of drug-likeness (QED) is 0.550. The molecule has 13 heteroatoms. The zero-order valence-electron chi connectivity index (χ0n) is 17.2. The molecule has 3 heterocycles. The Morgan fingerprint density at radius 1 is 1.09 bits per heavy atom. The van der Waals surface area contributed by atoms with Gasteiger partial charge in [0.2, 0.25) is 5.95 Å². The van der Waals surface area contributed by atoms with Crippen LogP contribution in [0, 0.1) is 0 Å². The third-order valence-electron chi connectivity index (χ3n) is 5.52. The number of benzene rings is 1. The summed E-state index contributed by atoms with van der Waals surface area (Å²) in [6, 6.07) is 1.38. The number of β-amino-alcohol motifs (C(OH)–C–C–N with tert-alkyl or cyclic N) is 1. The highest BCUT2D eigenvalue weighted by atomic mass is 19.4. The fraction of sp³-hybridized carbons (Fsp3) is 0.450. The first-order chi connectivity index (χ1) is 15.6. The molecular formula is C20H20F6N6O. The van der Waals surface area contributed by atoms with Gasteiger partial charge in [0.25, 0.3) is 0 Å². The molecule has 0 spiro atoms. The van der Waals surface area contributed by atoms with Crippen molar-refractivity contribution in [2.24, 2.45) is 0 Å². The average Bonchev–Trinajstić information content (AvgIpc) is 3.23. The Morgan fingerprint density at radius 2 is 1.88 bits per heavy atom. The number of imidazole rings is 1. The van der Waals surface area contributed by atoms with E-state index in [0.29, 0.717) is 19.2 Å². The monoisotopic (exact) mass is 474 g/mol. The molecule has 3 aromatic rings. The highest BCUT2D eigenvalue weighted by Crippen LogP contribution is 2.41. The van der Waals surface area contributed by atoms with Crippen molar-refractivity contribution in [2.45, 2.75) is 31.2 Å². The van der Waals surface area contributed by atoms with E-state index in [2.05, 4.69) is 25.4 Å². The van der Waals surface area contributed by atoms with Crippen molar-refractivity contribution in [2.75, 3.05) is 31.6 Å². The Bertz CT molecular complexity index is 1130. The SMILES string of the molecule is OCCN1CCCC(Nc2nnc(-c3ccc(C(F)(F)F)cc3C(F)(F)F)c3cncn23)C1. The average molecular weight is 474 g/mol. The number of nitrogens with zero attached hydrogens (tertiary/aromatic N) is 5. The number of hydrogen-bond donors (Lipinski definition) is 2. The third-order valence-corrected chi connectivity index (χ3v) is 5.52. The van der Waals surface area contributed by atoms with Crippen molar-refractivity contribution in [3.8, 4) is 11.3 Å². The fourth-order valence-corrected chi connectivity index (χ4v) is 3.99. The van der Waals surface area contributed by atoms with Gasteiger partial charge in [0.15, 0.2) is 0 Å². The van der Waals surface area contributed by atoms with Gasteiger partial charge in [0.1, 0.15) is 12.0 Å². The normalized spacial score (nSPS) is 18.1. The molecule has 1 aromatic carbocycles. The maximum absolute atomic E-state index is 13.6. The molecule has 0 saturated carbocycles. The lowest BCUT2D eigenvalue weighted by atomic mass is 10.00. The van der Waals surface area contributed by atoms with Gasteiger partial charge < -0.3 is 10.4 Å². The van der Waals surface area contributed by atoms with E-state index in [1.54, 1.807) is 0 Å². The maximum atomic E-state index is 13.6. The molecule has 33 heavy (non-hydrogen) atoms. The van der Waals surface area contributed by atoms with Crippen molar-refractivity contribution >= 4 is 11.5 Å². The molecule has 1 unspecified atom stereocenters. The van der Waals surface area contributed by atoms with Crippen LogP contribution in [-0.4, -0.2) is 61.9 Å². The summed E-state index contributed by atoms with van der Waals surface area (Å²) in [5, 5.41) is 20.3. The summed E-state index contributed by atoms with van der Waals surface area (Å²) in [5.41, 5.74) is -3.45. The highest BCUT2D eigenvalue weighted by Gasteiger charge is 2.39. The predicted molar refractivity (Wildman–Crippen MR) is 106 cm³/mol. The van der Waals surface area contributed by atoms with Gasteiger partial charge in [0.05, 0.1) is 29.4 Å². The van der Waals surface area contributed by atoms with Crippen LogP contribution >= 0.6 is 0 Å². The minimum Gasteiger partial charge on any atom is -0.395 e. The number of likely N-dealkylation sites (tertiary alicyclic amines) is 1. The second kappa shape index (κ2) is 8.78. The topological polar surface area (TPSA) is 78.6 Å². The zero-order valence-corrected chi connectivity index (χ0v) is 17.2. The van der Waals surface area contributed by atoms with E-state index in [1.807, 2.05) is 0 Å². The standard InChI is InChI=1S/C20H20F6N6O/c21-19(22,23)12-3-4-14(15(8-12)20(24,25)26)17-16-9-27-11-32(16)18(30-29-17)28-13-2-1-5-31(10-13)6-7-33/h3-4,8-9,11,13,33H,1-2,5-7,10H2,(H,28,30). The lowest BCUT2D eigenvalue weighted by Crippen LogP contribution is -2.43. The predicted octanol–water partition coefficient (Wildman–Crippen LogP) is 3.70. The summed E-state index contributed by atoms with van der Waals surface area (Å²) < 4.78 is 81.4. The molecular weight excluding hydrogens is 454 g/mol. The van der Waals surface area contributed by atoms with Crippen LogP contribution in [0.3, 0.4) is 0 Å². The first kappa shape index (κ1) is 23.2. The third kappa shape index (κ3) is 4.88. The fourth-order valence-electron chi connectivity index (χ4n) is 3.99. The highest BCUT2D eigenvalue weighted by molar-refractivity contribution is 5.79. The van der Waals surface area contributed by atoms with E-state index in [0.717, 1.165) is 25.5 Å². The van der Waals surface area contributed by atoms with Crippen molar-refractivity contribution in [3.63, 3.8) is 0 Å². The van der Waals surface area contributed by atoms with Crippen molar-refractivity contribution in [3.05, 3.63) is 41.9 Å². The van der Waals surface area contributed by atoms with Gasteiger partial charge in [-0.25, -0.2) is 4.98 Å². The zero-order chi connectivity index (χ0) is 23.8. The summed E-state index contributed by atoms with van der Waals surface area (Å²) in [6.45, 7) is 2.04. The molecule has 1 atom stereocenters. The Hall–Kier alpha value is -2.93. The van der Waals surface area contributed by atoms with Crippen LogP contribution in [0.2, 0.25) is 0 Å². The van der Waals surface area contributed by atoms with E-state index in [-0.39, 0.29) is 35.9 Å². The van der Waals surface area contributed by atoms with Gasteiger partial charge in [-0.15, -0.1) is 10.2 Å². The van der Waals surface area contributed by atoms with E-state index >= 15 is 0 Å². The molecule has 1 aliphatic heterocycles. The lowest BCUT2D eigenvalue weighted by Gasteiger charge is -2.32. The molecule has 2 N–H and O–H groups in total. The summed E-state index contributed by atoms with van der Waals surface area (Å²) in [5.74, 6) is 0.252. The number of aliphatic hydroxyl groups is 1. The number of piperidine rings is 1. The molecule has 1 saturated heterocycles. The number of anilines is 1. The van der Waals surface area contributed by atoms with Crippen LogP contribution in [0.25, 0.3) is 16.8 Å². The van der Waals surface area contributed by atoms with Crippen LogP contribution in [0.1, 0.15) is 24.0 Å². The number of rotatable bonds is 5. The molecule has 4 rings (SSSR count). The Labute approximate surface area is 184 Å². The first-order valence-corrected chi connectivity index (χ1v) is 10.1. The summed E-state index contributed by atoms with van der Waals surface area (Å²) in [4.78, 5) is 6.05. The van der Waals surface area contributed by atoms with Crippen LogP contribution in [-0.2, 0) is 12.4 Å². The van der Waals surface area contributed by atoms with Crippen molar-refractivity contribution < 1.29 is 31.4 Å². The number of nitrogens with one attached hydrogen (secondary N) is 1. The van der Waals surface area contributed by atoms with Gasteiger partial charge in [-0.05, 0) is 31.5 Å². The van der Waals surface area contributed by atoms with Gasteiger partial charge in [0, 0.05) is 24.7 Å². The van der Waals surface area contributed by atoms with Gasteiger partial charge in [-0.2, -0.15) is 26.3 Å². The number of fused-ring (bicyclic) bond motifs is 1. The van der Waals surface area contributed by atoms with Crippen LogP contribution < -0.4 is 5.32 Å². The number of aromatic nitrogens is 4. The summed E-state index contributed by atoms with van der Waals surface area (Å²) >= 11 is 0. The van der Waals surface area contributed by atoms with Gasteiger partial charge in [-0.1, -0.05) is 6.07 Å². The Kier molecular flexibility index (Phi) is 6.18. The van der Waals surface area contributed by atoms with E-state index in [4.69, 9.17) is 5.11 Å². The molecule has 0 radical (unpaired) electrons. The largest absolute Gasteiger partial charge is 0.417 e. The van der Waals surface area contributed by atoms with Gasteiger partial charge in [-0.3, -0.25) is 9.30 Å². The summed E-state index contributed by atoms with van der Waals surface area (Å²) in [6.07, 6.45) is -5.62. The van der Waals surface area contributed by atoms with E-state index < -0.39 is 29.0 Å². The number of hydrogen-bond acceptors (Lipinski definition) is 6. The minimum atomic E-state index is -5.04. The molecule has 178 valence electrons. The second-order valence-electron chi connectivity index (χ2n) is 7.78. The first-order valence-electron chi connectivity index (χ1n) is 10.1. The molecule has 1 fully saturated rings. The minimum absolute atomic E-state index is 0.0294. The Balaban J connectivity index is 1.72. The van der Waals surface area contributed by atoms with E-state index in [1.165, 1.54) is 16.9 Å². The Morgan fingerprint density at radius 3 is 2.58 bits per heavy atom. The van der Waals surface area contributed by atoms with Crippen molar-refractivity contribution in [1.29, 1.82) is 0 Å². The smallest absolute Gasteiger partial charge is 0.395 e. The maximum Gasteiger partial charge on any atom is 0.417 e. The lowest BCUT2D eigenvalue weighted by molar-refractivity contribution is -0.142. The van der Waals surface area contributed by atoms with Crippen molar-refractivity contribution in [1.82, 2.24) is 24.5 Å². The van der Waals surface area contributed by atoms with E-state index in [9.17, 15) is 26.3 Å². The molecule has 2 aromatic heterocycles. The molecule has 7 nitrogen and oxygen atoms in total. The number of aliphatic hydroxyl groups excluding tert-OH is 1. The van der Waals surface area contributed by atoms with Gasteiger partial charge >= 0.3 is 12.4 Å².